The van der Waals surface area contributed by atoms with Crippen molar-refractivity contribution < 1.29 is 22.4 Å². The van der Waals surface area contributed by atoms with Crippen LogP contribution in [0.5, 0.6) is 0 Å². The lowest BCUT2D eigenvalue weighted by Gasteiger charge is -2.18. The quantitative estimate of drug-likeness (QED) is 0.437. The third-order valence-corrected chi connectivity index (χ3v) is 4.04. The van der Waals surface area contributed by atoms with Crippen LogP contribution in [0.2, 0.25) is 0 Å². The summed E-state index contributed by atoms with van der Waals surface area (Å²) in [5.41, 5.74) is 0.637. The van der Waals surface area contributed by atoms with Crippen LogP contribution < -0.4 is 0 Å². The van der Waals surface area contributed by atoms with Gasteiger partial charge in [-0.2, -0.15) is 13.2 Å². The highest BCUT2D eigenvalue weighted by Gasteiger charge is 2.38. The molecule has 26 heavy (non-hydrogen) atoms. The molecule has 0 aliphatic carbocycles. The first-order chi connectivity index (χ1) is 12.1. The summed E-state index contributed by atoms with van der Waals surface area (Å²) in [6.07, 6.45) is -4.32. The number of nitrogens with zero attached hydrogens (tertiary/aromatic N) is 1. The predicted molar refractivity (Wildman–Crippen MR) is 95.4 cm³/mol. The van der Waals surface area contributed by atoms with Gasteiger partial charge in [0.05, 0.1) is 18.4 Å². The number of para-hydroxylation sites is 1. The van der Waals surface area contributed by atoms with Gasteiger partial charge >= 0.3 is 6.18 Å². The molecule has 1 aromatic heterocycles. The summed E-state index contributed by atoms with van der Waals surface area (Å²) in [6.45, 7) is 7.61. The van der Waals surface area contributed by atoms with E-state index in [1.54, 1.807) is 12.1 Å². The summed E-state index contributed by atoms with van der Waals surface area (Å²) >= 11 is 0. The molecule has 1 heterocycles. The van der Waals surface area contributed by atoms with Gasteiger partial charge < -0.3 is 4.42 Å². The van der Waals surface area contributed by atoms with Gasteiger partial charge in [-0.15, -0.1) is 0 Å². The molecule has 0 aliphatic heterocycles. The van der Waals surface area contributed by atoms with E-state index < -0.39 is 24.1 Å². The van der Waals surface area contributed by atoms with E-state index >= 15 is 0 Å². The number of furan rings is 1. The van der Waals surface area contributed by atoms with E-state index in [2.05, 4.69) is 4.99 Å². The molecule has 3 nitrogen and oxygen atoms in total. The van der Waals surface area contributed by atoms with Crippen molar-refractivity contribution in [3.63, 3.8) is 0 Å². The van der Waals surface area contributed by atoms with Crippen molar-refractivity contribution in [2.75, 3.05) is 0 Å². The van der Waals surface area contributed by atoms with Crippen molar-refractivity contribution in [3.8, 4) is 0 Å². The number of Topliss-reactive ketones (excluding diaryl/α,β-unsaturated/α-hetero) is 1. The summed E-state index contributed by atoms with van der Waals surface area (Å²) in [7, 11) is 0. The van der Waals surface area contributed by atoms with Crippen LogP contribution in [-0.4, -0.2) is 17.7 Å². The molecule has 140 valence electrons. The molecule has 6 heteroatoms. The maximum absolute atomic E-state index is 13.6. The second-order valence-electron chi connectivity index (χ2n) is 6.73. The van der Waals surface area contributed by atoms with Gasteiger partial charge in [0.25, 0.3) is 0 Å². The molecule has 0 unspecified atom stereocenters. The Labute approximate surface area is 150 Å². The third-order valence-electron chi connectivity index (χ3n) is 4.04. The number of hydrogen-bond donors (Lipinski definition) is 0. The molecule has 0 bridgehead atoms. The number of carbonyl (C=O) groups is 1. The Morgan fingerprint density at radius 3 is 2.04 bits per heavy atom. The number of benzene rings is 1. The maximum atomic E-state index is 13.6. The fourth-order valence-corrected chi connectivity index (χ4v) is 2.66. The molecule has 0 N–H and O–H groups in total. The summed E-state index contributed by atoms with van der Waals surface area (Å²) in [5, 5.41) is 0. The molecule has 0 radical (unpaired) electrons. The van der Waals surface area contributed by atoms with Gasteiger partial charge in [0, 0.05) is 0 Å². The predicted octanol–water partition coefficient (Wildman–Crippen LogP) is 6.43. The zero-order valence-electron chi connectivity index (χ0n) is 15.2. The highest BCUT2D eigenvalue weighted by molar-refractivity contribution is 6.11. The fraction of sp³-hybridized carbons (Fsp3) is 0.400. The van der Waals surface area contributed by atoms with E-state index in [0.717, 1.165) is 11.1 Å². The van der Waals surface area contributed by atoms with E-state index in [1.807, 2.05) is 33.8 Å². The van der Waals surface area contributed by atoms with Crippen LogP contribution in [0.15, 0.2) is 46.0 Å². The SMILES string of the molecule is CC(C)c1cccc(C(C)C)c1N=C(CC(=O)c1ccco1)C(F)(F)F. The van der Waals surface area contributed by atoms with E-state index in [4.69, 9.17) is 4.42 Å². The summed E-state index contributed by atoms with van der Waals surface area (Å²) in [5.74, 6) is -0.854. The van der Waals surface area contributed by atoms with E-state index in [1.165, 1.54) is 18.4 Å². The van der Waals surface area contributed by atoms with Crippen LogP contribution in [0.4, 0.5) is 18.9 Å². The lowest BCUT2D eigenvalue weighted by atomic mass is 9.92. The molecule has 0 saturated heterocycles. The smallest absolute Gasteiger partial charge is 0.429 e. The Kier molecular flexibility index (Phi) is 6.05. The molecule has 0 aliphatic rings. The summed E-state index contributed by atoms with van der Waals surface area (Å²) < 4.78 is 45.6. The zero-order chi connectivity index (χ0) is 19.5. The molecule has 1 aromatic carbocycles. The normalized spacial score (nSPS) is 12.9. The van der Waals surface area contributed by atoms with Gasteiger partial charge in [0.1, 0.15) is 5.71 Å². The first kappa shape index (κ1) is 19.9. The molecular weight excluding hydrogens is 343 g/mol. The maximum Gasteiger partial charge on any atom is 0.429 e. The average molecular weight is 365 g/mol. The van der Waals surface area contributed by atoms with Crippen molar-refractivity contribution in [1.29, 1.82) is 0 Å². The van der Waals surface area contributed by atoms with Crippen LogP contribution in [0.1, 0.15) is 67.6 Å². The summed E-state index contributed by atoms with van der Waals surface area (Å²) in [4.78, 5) is 16.1. The van der Waals surface area contributed by atoms with Crippen LogP contribution in [0.25, 0.3) is 0 Å². The number of hydrogen-bond acceptors (Lipinski definition) is 3. The number of alkyl halides is 3. The first-order valence-corrected chi connectivity index (χ1v) is 8.45. The zero-order valence-corrected chi connectivity index (χ0v) is 15.2. The third kappa shape index (κ3) is 4.62. The van der Waals surface area contributed by atoms with Crippen molar-refractivity contribution in [2.24, 2.45) is 4.99 Å². The molecule has 2 aromatic rings. The number of halogens is 3. The topological polar surface area (TPSA) is 42.6 Å². The largest absolute Gasteiger partial charge is 0.461 e. The van der Waals surface area contributed by atoms with E-state index in [-0.39, 0.29) is 17.6 Å². The molecule has 0 amide bonds. The van der Waals surface area contributed by atoms with Crippen LogP contribution in [-0.2, 0) is 0 Å². The van der Waals surface area contributed by atoms with Gasteiger partial charge in [-0.3, -0.25) is 4.79 Å². The minimum Gasteiger partial charge on any atom is -0.461 e. The first-order valence-electron chi connectivity index (χ1n) is 8.45. The van der Waals surface area contributed by atoms with Crippen molar-refractivity contribution >= 4 is 17.2 Å². The molecule has 0 spiro atoms. The van der Waals surface area contributed by atoms with Crippen molar-refractivity contribution in [1.82, 2.24) is 0 Å². The highest BCUT2D eigenvalue weighted by atomic mass is 19.4. The number of carbonyl (C=O) groups excluding carboxylic acids is 1. The Bertz CT molecular complexity index is 762. The van der Waals surface area contributed by atoms with E-state index in [9.17, 15) is 18.0 Å². The number of rotatable bonds is 6. The minimum absolute atomic E-state index is 0.00251. The van der Waals surface area contributed by atoms with Crippen LogP contribution in [0.3, 0.4) is 0 Å². The fourth-order valence-electron chi connectivity index (χ4n) is 2.66. The average Bonchev–Trinajstić information content (AvgIpc) is 3.07. The van der Waals surface area contributed by atoms with Gasteiger partial charge in [-0.05, 0) is 35.1 Å². The summed E-state index contributed by atoms with van der Waals surface area (Å²) in [6, 6.07) is 8.18. The van der Waals surface area contributed by atoms with Crippen LogP contribution in [0, 0.1) is 0 Å². The van der Waals surface area contributed by atoms with Crippen molar-refractivity contribution in [3.05, 3.63) is 53.5 Å². The lowest BCUT2D eigenvalue weighted by molar-refractivity contribution is -0.0601. The number of aliphatic imine (C=N–C) groups is 1. The van der Waals surface area contributed by atoms with Gasteiger partial charge in [0.15, 0.2) is 5.76 Å². The molecule has 0 saturated carbocycles. The lowest BCUT2D eigenvalue weighted by Crippen LogP contribution is -2.26. The molecule has 2 rings (SSSR count). The van der Waals surface area contributed by atoms with Gasteiger partial charge in [-0.25, -0.2) is 4.99 Å². The molecular formula is C20H22F3NO2. The Hall–Kier alpha value is -2.37. The minimum atomic E-state index is -4.71. The van der Waals surface area contributed by atoms with Crippen LogP contribution >= 0.6 is 0 Å². The van der Waals surface area contributed by atoms with Gasteiger partial charge in [0.2, 0.25) is 5.78 Å². The Morgan fingerprint density at radius 1 is 1.04 bits per heavy atom. The second-order valence-corrected chi connectivity index (χ2v) is 6.73. The molecule has 0 fully saturated rings. The van der Waals surface area contributed by atoms with Gasteiger partial charge in [-0.1, -0.05) is 45.9 Å². The van der Waals surface area contributed by atoms with Crippen molar-refractivity contribution in [2.45, 2.75) is 52.1 Å². The monoisotopic (exact) mass is 365 g/mol. The Morgan fingerprint density at radius 2 is 1.62 bits per heavy atom. The highest BCUT2D eigenvalue weighted by Crippen LogP contribution is 2.36. The molecule has 0 atom stereocenters. The van der Waals surface area contributed by atoms with E-state index in [0.29, 0.717) is 5.69 Å². The number of ketones is 1. The Balaban J connectivity index is 2.55. The standard InChI is InChI=1S/C20H22F3NO2/c1-12(2)14-7-5-8-15(13(3)4)19(14)24-18(20(21,22)23)11-16(25)17-9-6-10-26-17/h5-10,12-13H,11H2,1-4H3. The second kappa shape index (κ2) is 7.89.